The number of rotatable bonds is 3. The monoisotopic (exact) mass is 157 g/mol. The van der Waals surface area contributed by atoms with Gasteiger partial charge in [-0.15, -0.1) is 0 Å². The predicted octanol–water partition coefficient (Wildman–Crippen LogP) is 0.702. The standard InChI is InChI=1S/C8H19N3/c1-7(8(2,3)9)11(5)6-10-4/h6-7H,9H2,1-5H3. The average Bonchev–Trinajstić information content (AvgIpc) is 1.85. The molecule has 0 saturated heterocycles. The summed E-state index contributed by atoms with van der Waals surface area (Å²) in [5.41, 5.74) is 5.72. The molecule has 2 N–H and O–H groups in total. The van der Waals surface area contributed by atoms with E-state index in [0.29, 0.717) is 6.04 Å². The fourth-order valence-corrected chi connectivity index (χ4v) is 0.807. The molecule has 0 aromatic rings. The third-order valence-corrected chi connectivity index (χ3v) is 1.99. The Kier molecular flexibility index (Phi) is 3.52. The maximum atomic E-state index is 5.91. The smallest absolute Gasteiger partial charge is 0.0846 e. The topological polar surface area (TPSA) is 41.6 Å². The molecule has 0 aliphatic rings. The van der Waals surface area contributed by atoms with Gasteiger partial charge in [0.25, 0.3) is 0 Å². The molecule has 11 heavy (non-hydrogen) atoms. The zero-order valence-electron chi connectivity index (χ0n) is 8.13. The van der Waals surface area contributed by atoms with E-state index < -0.39 is 0 Å². The van der Waals surface area contributed by atoms with Gasteiger partial charge in [-0.2, -0.15) is 0 Å². The van der Waals surface area contributed by atoms with Crippen LogP contribution < -0.4 is 5.73 Å². The van der Waals surface area contributed by atoms with Crippen molar-refractivity contribution >= 4 is 6.34 Å². The first kappa shape index (κ1) is 10.4. The van der Waals surface area contributed by atoms with Gasteiger partial charge in [-0.1, -0.05) is 0 Å². The normalized spacial score (nSPS) is 15.5. The zero-order chi connectivity index (χ0) is 9.07. The highest BCUT2D eigenvalue weighted by Gasteiger charge is 2.22. The van der Waals surface area contributed by atoms with Crippen molar-refractivity contribution in [2.75, 3.05) is 14.1 Å². The van der Waals surface area contributed by atoms with Gasteiger partial charge in [-0.05, 0) is 20.8 Å². The van der Waals surface area contributed by atoms with Crippen LogP contribution in [0.4, 0.5) is 0 Å². The van der Waals surface area contributed by atoms with Crippen LogP contribution in [0.3, 0.4) is 0 Å². The van der Waals surface area contributed by atoms with Crippen LogP contribution in [0.25, 0.3) is 0 Å². The minimum atomic E-state index is -0.185. The Morgan fingerprint density at radius 1 is 1.55 bits per heavy atom. The SMILES string of the molecule is CN=CN(C)C(C)C(C)(C)N. The van der Waals surface area contributed by atoms with E-state index >= 15 is 0 Å². The van der Waals surface area contributed by atoms with E-state index in [1.54, 1.807) is 13.4 Å². The lowest BCUT2D eigenvalue weighted by molar-refractivity contribution is 0.274. The first-order valence-electron chi connectivity index (χ1n) is 3.82. The van der Waals surface area contributed by atoms with Crippen molar-refractivity contribution in [3.8, 4) is 0 Å². The molecule has 1 atom stereocenters. The Morgan fingerprint density at radius 2 is 2.00 bits per heavy atom. The summed E-state index contributed by atoms with van der Waals surface area (Å²) >= 11 is 0. The Morgan fingerprint density at radius 3 is 2.27 bits per heavy atom. The molecule has 0 aliphatic carbocycles. The fraction of sp³-hybridized carbons (Fsp3) is 0.875. The van der Waals surface area contributed by atoms with Crippen molar-refractivity contribution in [3.63, 3.8) is 0 Å². The van der Waals surface area contributed by atoms with Gasteiger partial charge in [0.2, 0.25) is 0 Å². The van der Waals surface area contributed by atoms with Gasteiger partial charge in [0, 0.05) is 25.7 Å². The summed E-state index contributed by atoms with van der Waals surface area (Å²) in [7, 11) is 3.74. The Balaban J connectivity index is 4.13. The van der Waals surface area contributed by atoms with Crippen LogP contribution in [0.2, 0.25) is 0 Å². The van der Waals surface area contributed by atoms with Crippen LogP contribution in [-0.4, -0.2) is 36.9 Å². The zero-order valence-corrected chi connectivity index (χ0v) is 8.13. The molecule has 0 bridgehead atoms. The van der Waals surface area contributed by atoms with Crippen molar-refractivity contribution < 1.29 is 0 Å². The minimum absolute atomic E-state index is 0.185. The van der Waals surface area contributed by atoms with Crippen LogP contribution in [0.5, 0.6) is 0 Å². The summed E-state index contributed by atoms with van der Waals surface area (Å²) in [6, 6.07) is 0.297. The maximum Gasteiger partial charge on any atom is 0.0846 e. The first-order valence-corrected chi connectivity index (χ1v) is 3.82. The highest BCUT2D eigenvalue weighted by molar-refractivity contribution is 5.54. The largest absolute Gasteiger partial charge is 0.362 e. The summed E-state index contributed by atoms with van der Waals surface area (Å²) in [5, 5.41) is 0. The molecule has 3 heteroatoms. The second kappa shape index (κ2) is 3.72. The Hall–Kier alpha value is -0.570. The number of hydrogen-bond acceptors (Lipinski definition) is 2. The summed E-state index contributed by atoms with van der Waals surface area (Å²) < 4.78 is 0. The van der Waals surface area contributed by atoms with E-state index in [1.165, 1.54) is 0 Å². The molecule has 0 saturated carbocycles. The molecular formula is C8H19N3. The number of nitrogens with two attached hydrogens (primary N) is 1. The van der Waals surface area contributed by atoms with E-state index in [-0.39, 0.29) is 5.54 Å². The van der Waals surface area contributed by atoms with Crippen LogP contribution >= 0.6 is 0 Å². The van der Waals surface area contributed by atoms with Gasteiger partial charge in [-0.25, -0.2) is 0 Å². The highest BCUT2D eigenvalue weighted by atomic mass is 15.2. The van der Waals surface area contributed by atoms with Gasteiger partial charge in [-0.3, -0.25) is 4.99 Å². The molecule has 0 amide bonds. The first-order chi connectivity index (χ1) is 4.89. The molecule has 0 radical (unpaired) electrons. The third-order valence-electron chi connectivity index (χ3n) is 1.99. The van der Waals surface area contributed by atoms with Crippen LogP contribution in [0.1, 0.15) is 20.8 Å². The van der Waals surface area contributed by atoms with E-state index in [9.17, 15) is 0 Å². The van der Waals surface area contributed by atoms with Crippen LogP contribution in [0, 0.1) is 0 Å². The second-order valence-corrected chi connectivity index (χ2v) is 3.54. The molecule has 66 valence electrons. The van der Waals surface area contributed by atoms with E-state index in [2.05, 4.69) is 11.9 Å². The van der Waals surface area contributed by atoms with Crippen molar-refractivity contribution in [1.29, 1.82) is 0 Å². The number of hydrogen-bond donors (Lipinski definition) is 1. The maximum absolute atomic E-state index is 5.91. The molecule has 0 aromatic carbocycles. The molecule has 0 spiro atoms. The summed E-state index contributed by atoms with van der Waals surface area (Å²) in [4.78, 5) is 5.93. The third kappa shape index (κ3) is 3.37. The molecule has 0 heterocycles. The van der Waals surface area contributed by atoms with E-state index in [4.69, 9.17) is 5.73 Å². The van der Waals surface area contributed by atoms with Crippen molar-refractivity contribution in [2.45, 2.75) is 32.4 Å². The number of aliphatic imine (C=N–C) groups is 1. The van der Waals surface area contributed by atoms with E-state index in [0.717, 1.165) is 0 Å². The van der Waals surface area contributed by atoms with Gasteiger partial charge >= 0.3 is 0 Å². The van der Waals surface area contributed by atoms with Gasteiger partial charge in [0.05, 0.1) is 6.34 Å². The number of nitrogens with zero attached hydrogens (tertiary/aromatic N) is 2. The fourth-order valence-electron chi connectivity index (χ4n) is 0.807. The molecule has 0 rings (SSSR count). The number of likely N-dealkylation sites (N-methyl/N-ethyl adjacent to an activating group) is 1. The Labute approximate surface area is 69.3 Å². The quantitative estimate of drug-likeness (QED) is 0.484. The molecule has 3 nitrogen and oxygen atoms in total. The van der Waals surface area contributed by atoms with Crippen LogP contribution in [0.15, 0.2) is 4.99 Å². The summed E-state index contributed by atoms with van der Waals surface area (Å²) in [5.74, 6) is 0. The molecular weight excluding hydrogens is 138 g/mol. The predicted molar refractivity (Wildman–Crippen MR) is 49.9 cm³/mol. The second-order valence-electron chi connectivity index (χ2n) is 3.54. The lowest BCUT2D eigenvalue weighted by Gasteiger charge is -2.33. The average molecular weight is 157 g/mol. The van der Waals surface area contributed by atoms with Crippen molar-refractivity contribution in [1.82, 2.24) is 4.90 Å². The van der Waals surface area contributed by atoms with Gasteiger partial charge < -0.3 is 10.6 Å². The van der Waals surface area contributed by atoms with Crippen molar-refractivity contribution in [3.05, 3.63) is 0 Å². The van der Waals surface area contributed by atoms with Crippen molar-refractivity contribution in [2.24, 2.45) is 10.7 Å². The summed E-state index contributed by atoms with van der Waals surface area (Å²) in [6.45, 7) is 6.11. The van der Waals surface area contributed by atoms with Gasteiger partial charge in [0.1, 0.15) is 0 Å². The lowest BCUT2D eigenvalue weighted by atomic mass is 9.97. The van der Waals surface area contributed by atoms with Gasteiger partial charge in [0.15, 0.2) is 0 Å². The lowest BCUT2D eigenvalue weighted by Crippen LogP contribution is -2.51. The summed E-state index contributed by atoms with van der Waals surface area (Å²) in [6.07, 6.45) is 1.79. The Bertz CT molecular complexity index is 135. The van der Waals surface area contributed by atoms with Crippen LogP contribution in [-0.2, 0) is 0 Å². The molecule has 0 aromatic heterocycles. The van der Waals surface area contributed by atoms with E-state index in [1.807, 2.05) is 25.8 Å². The minimum Gasteiger partial charge on any atom is -0.362 e. The highest BCUT2D eigenvalue weighted by Crippen LogP contribution is 2.08. The molecule has 0 aliphatic heterocycles. The molecule has 0 fully saturated rings. The molecule has 1 unspecified atom stereocenters.